The van der Waals surface area contributed by atoms with Crippen LogP contribution in [0.3, 0.4) is 0 Å². The number of carbonyl (C=O) groups excluding carboxylic acids is 1. The highest BCUT2D eigenvalue weighted by Gasteiger charge is 2.33. The van der Waals surface area contributed by atoms with E-state index in [2.05, 4.69) is 10.3 Å². The molecular formula is C17H15ClF3N3O. The molecule has 0 saturated carbocycles. The molecule has 0 bridgehead atoms. The Morgan fingerprint density at radius 1 is 1.28 bits per heavy atom. The van der Waals surface area contributed by atoms with Gasteiger partial charge in [0.15, 0.2) is 0 Å². The van der Waals surface area contributed by atoms with Crippen molar-refractivity contribution < 1.29 is 18.0 Å². The van der Waals surface area contributed by atoms with Crippen molar-refractivity contribution in [3.05, 3.63) is 64.4 Å². The number of carbonyl (C=O) groups is 1. The van der Waals surface area contributed by atoms with E-state index < -0.39 is 11.9 Å². The van der Waals surface area contributed by atoms with Gasteiger partial charge in [0.1, 0.15) is 5.69 Å². The van der Waals surface area contributed by atoms with E-state index in [9.17, 15) is 18.0 Å². The number of aromatic nitrogens is 1. The van der Waals surface area contributed by atoms with Gasteiger partial charge in [-0.15, -0.1) is 0 Å². The van der Waals surface area contributed by atoms with Crippen molar-refractivity contribution in [2.24, 2.45) is 0 Å². The van der Waals surface area contributed by atoms with E-state index in [1.807, 2.05) is 6.07 Å². The summed E-state index contributed by atoms with van der Waals surface area (Å²) in [5, 5.41) is 3.78. The van der Waals surface area contributed by atoms with Gasteiger partial charge in [-0.05, 0) is 29.8 Å². The van der Waals surface area contributed by atoms with Crippen LogP contribution in [0.15, 0.2) is 42.6 Å². The smallest absolute Gasteiger partial charge is 0.329 e. The lowest BCUT2D eigenvalue weighted by Crippen LogP contribution is -2.48. The van der Waals surface area contributed by atoms with Crippen LogP contribution in [-0.2, 0) is 6.18 Å². The summed E-state index contributed by atoms with van der Waals surface area (Å²) in [6, 6.07) is 8.93. The fraction of sp³-hybridized carbons (Fsp3) is 0.294. The van der Waals surface area contributed by atoms with Gasteiger partial charge in [0.05, 0.1) is 11.6 Å². The second-order valence-electron chi connectivity index (χ2n) is 5.70. The minimum absolute atomic E-state index is 0.127. The molecule has 1 fully saturated rings. The average Bonchev–Trinajstić information content (AvgIpc) is 2.60. The Bertz CT molecular complexity index is 764. The van der Waals surface area contributed by atoms with Gasteiger partial charge in [0.25, 0.3) is 5.91 Å². The number of hydrogen-bond donors (Lipinski definition) is 1. The minimum Gasteiger partial charge on any atom is -0.329 e. The predicted molar refractivity (Wildman–Crippen MR) is 87.3 cm³/mol. The van der Waals surface area contributed by atoms with Gasteiger partial charge in [0, 0.05) is 30.9 Å². The Morgan fingerprint density at radius 3 is 2.72 bits per heavy atom. The molecule has 1 aromatic heterocycles. The predicted octanol–water partition coefficient (Wildman–Crippen LogP) is 3.54. The van der Waals surface area contributed by atoms with Crippen molar-refractivity contribution >= 4 is 17.5 Å². The highest BCUT2D eigenvalue weighted by atomic mass is 35.5. The first-order valence-corrected chi connectivity index (χ1v) is 8.04. The van der Waals surface area contributed by atoms with Gasteiger partial charge in [-0.3, -0.25) is 9.78 Å². The van der Waals surface area contributed by atoms with Crippen molar-refractivity contribution in [1.29, 1.82) is 0 Å². The van der Waals surface area contributed by atoms with E-state index in [1.54, 1.807) is 23.1 Å². The molecular weight excluding hydrogens is 355 g/mol. The van der Waals surface area contributed by atoms with Gasteiger partial charge in [0.2, 0.25) is 0 Å². The van der Waals surface area contributed by atoms with Crippen LogP contribution in [0.4, 0.5) is 13.2 Å². The molecule has 4 nitrogen and oxygen atoms in total. The summed E-state index contributed by atoms with van der Waals surface area (Å²) < 4.78 is 37.9. The maximum atomic E-state index is 12.8. The molecule has 1 aromatic carbocycles. The largest absolute Gasteiger partial charge is 0.433 e. The van der Waals surface area contributed by atoms with Crippen molar-refractivity contribution in [3.8, 4) is 0 Å². The average molecular weight is 370 g/mol. The Morgan fingerprint density at radius 2 is 2.08 bits per heavy atom. The van der Waals surface area contributed by atoms with Crippen LogP contribution in [0.2, 0.25) is 5.02 Å². The number of benzene rings is 1. The Balaban J connectivity index is 1.86. The van der Waals surface area contributed by atoms with Crippen molar-refractivity contribution in [1.82, 2.24) is 15.2 Å². The SMILES string of the molecule is O=C(c1ccc(C(F)(F)F)nc1)N1CCNCC1c1cccc(Cl)c1. The van der Waals surface area contributed by atoms with Crippen molar-refractivity contribution in [3.63, 3.8) is 0 Å². The normalized spacial score (nSPS) is 18.2. The molecule has 1 aliphatic heterocycles. The number of pyridine rings is 1. The van der Waals surface area contributed by atoms with Crippen molar-refractivity contribution in [2.75, 3.05) is 19.6 Å². The first kappa shape index (κ1) is 17.7. The van der Waals surface area contributed by atoms with E-state index in [1.165, 1.54) is 0 Å². The lowest BCUT2D eigenvalue weighted by Gasteiger charge is -2.36. The van der Waals surface area contributed by atoms with Gasteiger partial charge < -0.3 is 10.2 Å². The first-order chi connectivity index (χ1) is 11.9. The zero-order chi connectivity index (χ0) is 18.0. The van der Waals surface area contributed by atoms with E-state index in [-0.39, 0.29) is 17.5 Å². The van der Waals surface area contributed by atoms with E-state index >= 15 is 0 Å². The van der Waals surface area contributed by atoms with Crippen LogP contribution in [0, 0.1) is 0 Å². The van der Waals surface area contributed by atoms with E-state index in [0.29, 0.717) is 24.7 Å². The van der Waals surface area contributed by atoms with Gasteiger partial charge >= 0.3 is 6.18 Å². The monoisotopic (exact) mass is 369 g/mol. The summed E-state index contributed by atoms with van der Waals surface area (Å²) in [5.41, 5.74) is -0.0226. The van der Waals surface area contributed by atoms with Gasteiger partial charge in [-0.1, -0.05) is 23.7 Å². The maximum Gasteiger partial charge on any atom is 0.433 e. The number of nitrogens with one attached hydrogen (secondary N) is 1. The molecule has 2 aromatic rings. The molecule has 1 N–H and O–H groups in total. The third-order valence-electron chi connectivity index (χ3n) is 4.04. The van der Waals surface area contributed by atoms with Crippen LogP contribution in [-0.4, -0.2) is 35.4 Å². The molecule has 8 heteroatoms. The van der Waals surface area contributed by atoms with E-state index in [0.717, 1.165) is 23.9 Å². The molecule has 25 heavy (non-hydrogen) atoms. The lowest BCUT2D eigenvalue weighted by molar-refractivity contribution is -0.141. The van der Waals surface area contributed by atoms with Crippen LogP contribution in [0.1, 0.15) is 27.7 Å². The minimum atomic E-state index is -4.53. The highest BCUT2D eigenvalue weighted by molar-refractivity contribution is 6.30. The molecule has 1 amide bonds. The zero-order valence-electron chi connectivity index (χ0n) is 13.1. The second-order valence-corrected chi connectivity index (χ2v) is 6.14. The number of alkyl halides is 3. The van der Waals surface area contributed by atoms with Crippen LogP contribution >= 0.6 is 11.6 Å². The number of hydrogen-bond acceptors (Lipinski definition) is 3. The van der Waals surface area contributed by atoms with Gasteiger partial charge in [-0.25, -0.2) is 0 Å². The summed E-state index contributed by atoms with van der Waals surface area (Å²) in [5.74, 6) is -0.354. The number of nitrogens with zero attached hydrogens (tertiary/aromatic N) is 2. The summed E-state index contributed by atoms with van der Waals surface area (Å²) in [6.07, 6.45) is -3.55. The molecule has 0 spiro atoms. The molecule has 1 saturated heterocycles. The van der Waals surface area contributed by atoms with Gasteiger partial charge in [-0.2, -0.15) is 13.2 Å². The Labute approximate surface area is 147 Å². The molecule has 0 radical (unpaired) electrons. The summed E-state index contributed by atoms with van der Waals surface area (Å²) in [4.78, 5) is 17.8. The lowest BCUT2D eigenvalue weighted by atomic mass is 10.0. The summed E-state index contributed by atoms with van der Waals surface area (Å²) in [6.45, 7) is 1.59. The molecule has 2 heterocycles. The third kappa shape index (κ3) is 3.93. The first-order valence-electron chi connectivity index (χ1n) is 7.66. The number of rotatable bonds is 2. The molecule has 132 valence electrons. The fourth-order valence-electron chi connectivity index (χ4n) is 2.81. The summed E-state index contributed by atoms with van der Waals surface area (Å²) >= 11 is 6.03. The number of piperazine rings is 1. The Hall–Kier alpha value is -2.12. The quantitative estimate of drug-likeness (QED) is 0.880. The zero-order valence-corrected chi connectivity index (χ0v) is 13.8. The molecule has 1 unspecified atom stereocenters. The highest BCUT2D eigenvalue weighted by Crippen LogP contribution is 2.29. The third-order valence-corrected chi connectivity index (χ3v) is 4.27. The maximum absolute atomic E-state index is 12.8. The standard InChI is InChI=1S/C17H15ClF3N3O/c18-13-3-1-2-11(8-13)14-10-22-6-7-24(14)16(25)12-4-5-15(23-9-12)17(19,20)21/h1-5,8-9,14,22H,6-7,10H2. The number of amides is 1. The Kier molecular flexibility index (Phi) is 4.96. The molecule has 1 aliphatic rings. The van der Waals surface area contributed by atoms with Crippen LogP contribution in [0.5, 0.6) is 0 Å². The second kappa shape index (κ2) is 7.01. The van der Waals surface area contributed by atoms with Crippen LogP contribution in [0.25, 0.3) is 0 Å². The summed E-state index contributed by atoms with van der Waals surface area (Å²) in [7, 11) is 0. The number of halogens is 4. The molecule has 0 aliphatic carbocycles. The fourth-order valence-corrected chi connectivity index (χ4v) is 3.01. The molecule has 1 atom stereocenters. The van der Waals surface area contributed by atoms with E-state index in [4.69, 9.17) is 11.6 Å². The van der Waals surface area contributed by atoms with Crippen LogP contribution < -0.4 is 5.32 Å². The topological polar surface area (TPSA) is 45.2 Å². The molecule has 3 rings (SSSR count). The van der Waals surface area contributed by atoms with Crippen molar-refractivity contribution in [2.45, 2.75) is 12.2 Å².